The van der Waals surface area contributed by atoms with Crippen molar-refractivity contribution in [3.63, 3.8) is 0 Å². The molecule has 0 spiro atoms. The van der Waals surface area contributed by atoms with Gasteiger partial charge in [-0.2, -0.15) is 0 Å². The Balaban J connectivity index is 1.38. The molecule has 4 aromatic rings. The molecule has 14 nitrogen and oxygen atoms in total. The van der Waals surface area contributed by atoms with E-state index in [2.05, 4.69) is 20.5 Å². The number of carbonyl (C=O) groups excluding carboxylic acids is 2. The molecule has 0 bridgehead atoms. The zero-order valence-electron chi connectivity index (χ0n) is 29.7. The molecule has 1 saturated heterocycles. The maximum atomic E-state index is 13.0. The Morgan fingerprint density at radius 3 is 2.48 bits per heavy atom. The first-order valence-electron chi connectivity index (χ1n) is 16.8. The Labute approximate surface area is 312 Å². The van der Waals surface area contributed by atoms with Crippen molar-refractivity contribution < 1.29 is 24.5 Å². The van der Waals surface area contributed by atoms with E-state index in [4.69, 9.17) is 26.3 Å². The van der Waals surface area contributed by atoms with Crippen LogP contribution in [0, 0.1) is 6.92 Å². The van der Waals surface area contributed by atoms with Crippen LogP contribution < -0.4 is 25.2 Å². The molecule has 276 valence electrons. The van der Waals surface area contributed by atoms with Crippen LogP contribution in [0.5, 0.6) is 5.75 Å². The van der Waals surface area contributed by atoms with Crippen LogP contribution in [0.4, 0.5) is 28.1 Å². The van der Waals surface area contributed by atoms with E-state index in [0.29, 0.717) is 82.1 Å². The number of likely N-dealkylation sites (N-methyl/N-ethyl adjacent to an activating group) is 1. The van der Waals surface area contributed by atoms with Gasteiger partial charge in [-0.1, -0.05) is 41.1 Å². The Morgan fingerprint density at radius 2 is 1.81 bits per heavy atom. The number of carbonyl (C=O) groups is 2. The van der Waals surface area contributed by atoms with Crippen molar-refractivity contribution in [3.8, 4) is 17.0 Å². The summed E-state index contributed by atoms with van der Waals surface area (Å²) in [5.74, 6) is 1.18. The van der Waals surface area contributed by atoms with Crippen molar-refractivity contribution >= 4 is 62.9 Å². The molecule has 0 aliphatic carbocycles. The van der Waals surface area contributed by atoms with E-state index in [-0.39, 0.29) is 38.1 Å². The molecule has 4 heterocycles. The summed E-state index contributed by atoms with van der Waals surface area (Å²) in [4.78, 5) is 48.1. The SMILES string of the molecule is COc1ccc(-c2cnc(N3CCN(C(=O)/C=C/CN(C)C)CC3)c(N(CCO)CCO)c2)nc1Nc1ncc(C(=O)Nc2c(C)cccc2Cl)s1. The van der Waals surface area contributed by atoms with Gasteiger partial charge >= 0.3 is 0 Å². The molecule has 2 amide bonds. The average Bonchev–Trinajstić information content (AvgIpc) is 3.61. The second kappa shape index (κ2) is 18.1. The first-order chi connectivity index (χ1) is 25.1. The third kappa shape index (κ3) is 9.54. The van der Waals surface area contributed by atoms with Crippen LogP contribution in [0.3, 0.4) is 0 Å². The van der Waals surface area contributed by atoms with Crippen LogP contribution in [-0.4, -0.2) is 127 Å². The number of hydrogen-bond donors (Lipinski definition) is 4. The second-order valence-corrected chi connectivity index (χ2v) is 13.7. The fourth-order valence-corrected chi connectivity index (χ4v) is 6.61. The molecule has 0 unspecified atom stereocenters. The minimum absolute atomic E-state index is 0.0216. The number of halogens is 1. The average molecular weight is 750 g/mol. The van der Waals surface area contributed by atoms with Crippen LogP contribution in [0.1, 0.15) is 15.2 Å². The third-order valence-electron chi connectivity index (χ3n) is 8.34. The molecular formula is C36H44ClN9O5S. The molecule has 16 heteroatoms. The van der Waals surface area contributed by atoms with Crippen LogP contribution in [-0.2, 0) is 4.79 Å². The summed E-state index contributed by atoms with van der Waals surface area (Å²) in [6, 6.07) is 10.9. The molecule has 0 radical (unpaired) electrons. The normalized spacial score (nSPS) is 13.2. The first kappa shape index (κ1) is 38.4. The van der Waals surface area contributed by atoms with Gasteiger partial charge in [0, 0.05) is 63.6 Å². The van der Waals surface area contributed by atoms with Crippen LogP contribution in [0.15, 0.2) is 60.9 Å². The highest BCUT2D eigenvalue weighted by atomic mass is 35.5. The highest BCUT2D eigenvalue weighted by molar-refractivity contribution is 7.17. The van der Waals surface area contributed by atoms with Gasteiger partial charge in [0.2, 0.25) is 5.91 Å². The number of aliphatic hydroxyl groups is 2. The van der Waals surface area contributed by atoms with Gasteiger partial charge in [0.25, 0.3) is 5.91 Å². The van der Waals surface area contributed by atoms with E-state index in [1.807, 2.05) is 66.1 Å². The molecule has 1 aliphatic heterocycles. The number of piperazine rings is 1. The smallest absolute Gasteiger partial charge is 0.267 e. The minimum atomic E-state index is -0.339. The molecule has 3 aromatic heterocycles. The maximum Gasteiger partial charge on any atom is 0.267 e. The molecule has 0 saturated carbocycles. The Bertz CT molecular complexity index is 1850. The maximum absolute atomic E-state index is 13.0. The zero-order chi connectivity index (χ0) is 37.2. The minimum Gasteiger partial charge on any atom is -0.493 e. The zero-order valence-corrected chi connectivity index (χ0v) is 31.2. The number of nitrogens with one attached hydrogen (secondary N) is 2. The molecule has 52 heavy (non-hydrogen) atoms. The number of benzene rings is 1. The van der Waals surface area contributed by atoms with Crippen LogP contribution >= 0.6 is 22.9 Å². The molecule has 4 N–H and O–H groups in total. The number of aryl methyl sites for hydroxylation is 1. The van der Waals surface area contributed by atoms with E-state index in [1.54, 1.807) is 24.4 Å². The standard InChI is InChI=1S/C36H44ClN9O5S/c1-24-7-5-8-26(37)32(24)41-35(50)30-23-39-36(52-30)42-33-29(51-4)11-10-27(40-33)25-21-28(44(17-19-47)18-20-48)34(38-22-25)46-15-13-45(14-16-46)31(49)9-6-12-43(2)3/h5-11,21-23,47-48H,12-20H2,1-4H3,(H,41,50)(H,39,40,42)/b9-6+. The van der Waals surface area contributed by atoms with Crippen LogP contribution in [0.2, 0.25) is 5.02 Å². The summed E-state index contributed by atoms with van der Waals surface area (Å²) >= 11 is 7.46. The number of para-hydroxylation sites is 1. The molecular weight excluding hydrogens is 706 g/mol. The lowest BCUT2D eigenvalue weighted by molar-refractivity contribution is -0.126. The fourth-order valence-electron chi connectivity index (χ4n) is 5.63. The van der Waals surface area contributed by atoms with Gasteiger partial charge in [-0.25, -0.2) is 15.0 Å². The van der Waals surface area contributed by atoms with Crippen molar-refractivity contribution in [2.45, 2.75) is 6.92 Å². The van der Waals surface area contributed by atoms with E-state index in [1.165, 1.54) is 13.3 Å². The number of aliphatic hydroxyl groups excluding tert-OH is 2. The molecule has 0 atom stereocenters. The number of rotatable bonds is 15. The number of thiazole rings is 1. The van der Waals surface area contributed by atoms with Gasteiger partial charge in [0.15, 0.2) is 22.5 Å². The molecule has 1 aliphatic rings. The van der Waals surface area contributed by atoms with Crippen molar-refractivity contribution in [1.29, 1.82) is 0 Å². The lowest BCUT2D eigenvalue weighted by Crippen LogP contribution is -2.49. The van der Waals surface area contributed by atoms with E-state index >= 15 is 0 Å². The lowest BCUT2D eigenvalue weighted by atomic mass is 10.1. The Hall–Kier alpha value is -4.80. The highest BCUT2D eigenvalue weighted by Crippen LogP contribution is 2.35. The summed E-state index contributed by atoms with van der Waals surface area (Å²) in [5.41, 5.74) is 3.39. The van der Waals surface area contributed by atoms with Gasteiger partial charge in [-0.15, -0.1) is 0 Å². The number of hydrogen-bond acceptors (Lipinski definition) is 13. The van der Waals surface area contributed by atoms with Gasteiger partial charge in [0.1, 0.15) is 4.88 Å². The highest BCUT2D eigenvalue weighted by Gasteiger charge is 2.25. The number of aromatic nitrogens is 3. The van der Waals surface area contributed by atoms with Crippen molar-refractivity contribution in [2.24, 2.45) is 0 Å². The Kier molecular flexibility index (Phi) is 13.4. The molecule has 1 aromatic carbocycles. The second-order valence-electron chi connectivity index (χ2n) is 12.3. The van der Waals surface area contributed by atoms with Crippen molar-refractivity contribution in [2.75, 3.05) is 101 Å². The number of methoxy groups -OCH3 is 1. The third-order valence-corrected chi connectivity index (χ3v) is 9.57. The monoisotopic (exact) mass is 749 g/mol. The summed E-state index contributed by atoms with van der Waals surface area (Å²) in [6.07, 6.45) is 6.70. The predicted octanol–water partition coefficient (Wildman–Crippen LogP) is 4.12. The number of anilines is 5. The van der Waals surface area contributed by atoms with Crippen molar-refractivity contribution in [1.82, 2.24) is 24.8 Å². The summed E-state index contributed by atoms with van der Waals surface area (Å²) in [6.45, 7) is 5.08. The van der Waals surface area contributed by atoms with Gasteiger partial charge in [-0.3, -0.25) is 9.59 Å². The lowest BCUT2D eigenvalue weighted by Gasteiger charge is -2.37. The number of nitrogens with zero attached hydrogens (tertiary/aromatic N) is 7. The number of ether oxygens (including phenoxy) is 1. The summed E-state index contributed by atoms with van der Waals surface area (Å²) < 4.78 is 5.59. The quantitative estimate of drug-likeness (QED) is 0.129. The number of amides is 2. The topological polar surface area (TPSA) is 160 Å². The largest absolute Gasteiger partial charge is 0.493 e. The predicted molar refractivity (Wildman–Crippen MR) is 206 cm³/mol. The summed E-state index contributed by atoms with van der Waals surface area (Å²) in [5, 5.41) is 26.7. The molecule has 5 rings (SSSR count). The first-order valence-corrected chi connectivity index (χ1v) is 18.0. The van der Waals surface area contributed by atoms with Gasteiger partial charge in [0.05, 0.1) is 48.6 Å². The molecule has 1 fully saturated rings. The van der Waals surface area contributed by atoms with E-state index < -0.39 is 0 Å². The van der Waals surface area contributed by atoms with Gasteiger partial charge in [-0.05, 0) is 50.8 Å². The Morgan fingerprint density at radius 1 is 1.06 bits per heavy atom. The van der Waals surface area contributed by atoms with Crippen molar-refractivity contribution in [3.05, 3.63) is 76.4 Å². The van der Waals surface area contributed by atoms with Crippen LogP contribution in [0.25, 0.3) is 11.3 Å². The van der Waals surface area contributed by atoms with E-state index in [0.717, 1.165) is 22.6 Å². The fraction of sp³-hybridized carbons (Fsp3) is 0.361. The van der Waals surface area contributed by atoms with Gasteiger partial charge < -0.3 is 45.2 Å². The number of pyridine rings is 2. The summed E-state index contributed by atoms with van der Waals surface area (Å²) in [7, 11) is 5.44. The van der Waals surface area contributed by atoms with E-state index in [9.17, 15) is 19.8 Å².